The van der Waals surface area contributed by atoms with E-state index in [1.807, 2.05) is 55.4 Å². The summed E-state index contributed by atoms with van der Waals surface area (Å²) in [5.41, 5.74) is 1.11. The van der Waals surface area contributed by atoms with E-state index in [-0.39, 0.29) is 30.7 Å². The predicted molar refractivity (Wildman–Crippen MR) is 238 cm³/mol. The highest BCUT2D eigenvalue weighted by atomic mass is 79.9. The van der Waals surface area contributed by atoms with Gasteiger partial charge in [-0.3, -0.25) is 0 Å². The van der Waals surface area contributed by atoms with Crippen molar-refractivity contribution in [1.29, 1.82) is 0 Å². The number of halogens is 6. The van der Waals surface area contributed by atoms with E-state index in [1.165, 1.54) is 37.2 Å². The van der Waals surface area contributed by atoms with E-state index in [4.69, 9.17) is 36.3 Å². The summed E-state index contributed by atoms with van der Waals surface area (Å²) in [6.45, 7) is 15.6. The lowest BCUT2D eigenvalue weighted by atomic mass is 9.78. The van der Waals surface area contributed by atoms with Gasteiger partial charge in [0.05, 0.1) is 67.2 Å². The van der Waals surface area contributed by atoms with Gasteiger partial charge in [0.2, 0.25) is 0 Å². The van der Waals surface area contributed by atoms with E-state index >= 15 is 0 Å². The average molecular weight is 970 g/mol. The van der Waals surface area contributed by atoms with E-state index in [1.54, 1.807) is 60.7 Å². The Labute approximate surface area is 368 Å². The first-order valence-electron chi connectivity index (χ1n) is 18.8. The van der Waals surface area contributed by atoms with Crippen LogP contribution in [-0.4, -0.2) is 36.6 Å². The highest BCUT2D eigenvalue weighted by Gasteiger charge is 2.53. The van der Waals surface area contributed by atoms with Crippen molar-refractivity contribution in [3.8, 4) is 0 Å². The van der Waals surface area contributed by atoms with Gasteiger partial charge in [-0.25, -0.2) is 17.6 Å². The van der Waals surface area contributed by atoms with Crippen LogP contribution in [-0.2, 0) is 18.6 Å². The van der Waals surface area contributed by atoms with E-state index in [0.29, 0.717) is 53.0 Å². The van der Waals surface area contributed by atoms with Gasteiger partial charge in [0.25, 0.3) is 0 Å². The molecule has 4 aromatic carbocycles. The molecule has 2 fully saturated rings. The van der Waals surface area contributed by atoms with Crippen molar-refractivity contribution in [3.05, 3.63) is 130 Å². The summed E-state index contributed by atoms with van der Waals surface area (Å²) in [5.74, 6) is -1.28. The van der Waals surface area contributed by atoms with Gasteiger partial charge in [-0.1, -0.05) is 13.5 Å². The maximum atomic E-state index is 14.4. The molecule has 0 atom stereocenters. The molecule has 16 heteroatoms. The molecule has 0 saturated carbocycles. The Kier molecular flexibility index (Phi) is 13.2. The number of furan rings is 4. The van der Waals surface area contributed by atoms with Gasteiger partial charge in [0.1, 0.15) is 45.6 Å². The normalized spacial score (nSPS) is 17.1. The van der Waals surface area contributed by atoms with Crippen LogP contribution in [0.2, 0.25) is 0 Å². The lowest BCUT2D eigenvalue weighted by Gasteiger charge is -2.32. The van der Waals surface area contributed by atoms with Gasteiger partial charge in [0, 0.05) is 33.8 Å². The fourth-order valence-corrected chi connectivity index (χ4v) is 6.98. The molecule has 8 aromatic rings. The highest BCUT2D eigenvalue weighted by Crippen LogP contribution is 2.38. The average Bonchev–Trinajstić information content (AvgIpc) is 4.03. The van der Waals surface area contributed by atoms with Gasteiger partial charge in [-0.2, -0.15) is 0 Å². The molecular weight excluding hydrogens is 926 g/mol. The second-order valence-corrected chi connectivity index (χ2v) is 17.9. The summed E-state index contributed by atoms with van der Waals surface area (Å²) in [4.78, 5) is 0. The molecule has 0 unspecified atom stereocenters. The van der Waals surface area contributed by atoms with Gasteiger partial charge < -0.3 is 36.3 Å². The summed E-state index contributed by atoms with van der Waals surface area (Å²) < 4.78 is 99.2. The van der Waals surface area contributed by atoms with Gasteiger partial charge in [-0.15, -0.1) is 0 Å². The summed E-state index contributed by atoms with van der Waals surface area (Å²) >= 11 is 6.17. The zero-order valence-electron chi connectivity index (χ0n) is 33.9. The van der Waals surface area contributed by atoms with E-state index in [2.05, 4.69) is 31.9 Å². The molecule has 0 N–H and O–H groups in total. The minimum Gasteiger partial charge on any atom is -0.464 e. The number of hydrogen-bond donors (Lipinski definition) is 0. The Hall–Kier alpha value is -4.31. The van der Waals surface area contributed by atoms with Crippen molar-refractivity contribution in [2.75, 3.05) is 0 Å². The summed E-state index contributed by atoms with van der Waals surface area (Å²) in [6.07, 6.45) is 6.02. The zero-order valence-corrected chi connectivity index (χ0v) is 37.1. The smallest absolute Gasteiger partial charge is 0.464 e. The molecule has 6 heterocycles. The lowest BCUT2D eigenvalue weighted by Crippen LogP contribution is -2.41. The molecule has 2 aliphatic rings. The first-order valence-corrected chi connectivity index (χ1v) is 20.4. The first-order chi connectivity index (χ1) is 28.2. The zero-order chi connectivity index (χ0) is 43.4. The van der Waals surface area contributed by atoms with Crippen LogP contribution >= 0.6 is 31.9 Å². The number of hydrogen-bond acceptors (Lipinski definition) is 8. The Morgan fingerprint density at radius 1 is 0.426 bits per heavy atom. The van der Waals surface area contributed by atoms with Gasteiger partial charge in [0.15, 0.2) is 0 Å². The van der Waals surface area contributed by atoms with Crippen LogP contribution in [0.15, 0.2) is 124 Å². The summed E-state index contributed by atoms with van der Waals surface area (Å²) in [7, 11) is -1.38. The Morgan fingerprint density at radius 3 is 1.36 bits per heavy atom. The molecule has 0 spiro atoms. The third kappa shape index (κ3) is 9.26. The second-order valence-electron chi connectivity index (χ2n) is 16.2. The largest absolute Gasteiger partial charge is 0.497 e. The topological polar surface area (TPSA) is 89.5 Å². The molecule has 0 bridgehead atoms. The Bertz CT molecular complexity index is 2710. The van der Waals surface area contributed by atoms with Crippen molar-refractivity contribution in [3.63, 3.8) is 0 Å². The van der Waals surface area contributed by atoms with Crippen molar-refractivity contribution >= 4 is 101 Å². The first kappa shape index (κ1) is 46.2. The van der Waals surface area contributed by atoms with Crippen molar-refractivity contribution in [2.45, 2.75) is 85.2 Å². The maximum Gasteiger partial charge on any atom is 0.497 e. The summed E-state index contributed by atoms with van der Waals surface area (Å²) in [5, 5.41) is 2.70. The predicted octanol–water partition coefficient (Wildman–Crippen LogP) is 13.0. The monoisotopic (exact) mass is 968 g/mol. The number of rotatable bonds is 2. The van der Waals surface area contributed by atoms with E-state index < -0.39 is 36.6 Å². The molecule has 2 aliphatic heterocycles. The molecule has 0 amide bonds. The molecule has 10 rings (SSSR count). The van der Waals surface area contributed by atoms with Crippen LogP contribution in [0, 0.1) is 23.3 Å². The SMILES string of the molecule is C.CC1(C)OB(c2cc3ccoc3cc2F)OC1(C)C.CC1(C)OB(c2ccc3occc3c2F)OC1(C)C.Fc1c(Br)ccc2occc12.Fc1cc2occc2cc1Br. The van der Waals surface area contributed by atoms with Crippen LogP contribution in [0.3, 0.4) is 0 Å². The van der Waals surface area contributed by atoms with E-state index in [0.717, 1.165) is 10.8 Å². The second kappa shape index (κ2) is 17.5. The molecule has 2 saturated heterocycles. The minimum atomic E-state index is -0.690. The van der Waals surface area contributed by atoms with Crippen LogP contribution in [0.25, 0.3) is 43.9 Å². The fourth-order valence-electron chi connectivity index (χ4n) is 6.27. The van der Waals surface area contributed by atoms with Crippen LogP contribution in [0.1, 0.15) is 62.8 Å². The van der Waals surface area contributed by atoms with Gasteiger partial charge in [-0.05, 0) is 142 Å². The standard InChI is InChI=1S/2C14H16BFO3.2C8H4BrFO.CH4/c1-13(2)14(3,4)19-15(18-13)10-7-9-5-6-17-12(9)8-11(10)16;1-13(2)14(3,4)19-15(18-13)10-5-6-11-9(12(10)16)7-8-17-11;9-6-3-5-1-2-11-8(5)4-7(6)10;9-6-1-2-7-5(8(6)10)3-4-11-7;/h2*5-8H,1-4H3;2*1-4H;1H4. The quantitative estimate of drug-likeness (QED) is 0.125. The molecule has 320 valence electrons. The van der Waals surface area contributed by atoms with Gasteiger partial charge >= 0.3 is 14.2 Å². The Morgan fingerprint density at radius 2 is 0.836 bits per heavy atom. The van der Waals surface area contributed by atoms with Crippen LogP contribution in [0.4, 0.5) is 17.6 Å². The molecule has 4 aromatic heterocycles. The number of fused-ring (bicyclic) bond motifs is 4. The summed E-state index contributed by atoms with van der Waals surface area (Å²) in [6, 6.07) is 19.7. The van der Waals surface area contributed by atoms with Crippen molar-refractivity contribution in [1.82, 2.24) is 0 Å². The lowest BCUT2D eigenvalue weighted by molar-refractivity contribution is 0.00578. The van der Waals surface area contributed by atoms with Crippen molar-refractivity contribution < 1.29 is 53.8 Å². The third-order valence-electron chi connectivity index (χ3n) is 11.2. The van der Waals surface area contributed by atoms with E-state index in [9.17, 15) is 17.6 Å². The van der Waals surface area contributed by atoms with Crippen molar-refractivity contribution in [2.24, 2.45) is 0 Å². The maximum absolute atomic E-state index is 14.4. The molecule has 61 heavy (non-hydrogen) atoms. The van der Waals surface area contributed by atoms with Crippen LogP contribution in [0.5, 0.6) is 0 Å². The molecule has 0 radical (unpaired) electrons. The third-order valence-corrected chi connectivity index (χ3v) is 12.4. The highest BCUT2D eigenvalue weighted by molar-refractivity contribution is 9.10. The number of benzene rings is 4. The Balaban J connectivity index is 0.000000140. The van der Waals surface area contributed by atoms with Crippen LogP contribution < -0.4 is 10.9 Å². The molecule has 8 nitrogen and oxygen atoms in total. The minimum absolute atomic E-state index is 0. The molecular formula is C45H44B2Br2F4O8. The molecule has 0 aliphatic carbocycles. The fraction of sp³-hybridized carbons (Fsp3) is 0.289.